The van der Waals surface area contributed by atoms with Gasteiger partial charge in [0.15, 0.2) is 6.61 Å². The van der Waals surface area contributed by atoms with Crippen molar-refractivity contribution in [1.82, 2.24) is 0 Å². The zero-order valence-electron chi connectivity index (χ0n) is 22.6. The number of hydrogen-bond acceptors (Lipinski definition) is 3. The van der Waals surface area contributed by atoms with Crippen LogP contribution in [0.4, 0.5) is 35.1 Å². The van der Waals surface area contributed by atoms with E-state index in [1.165, 1.54) is 0 Å². The summed E-state index contributed by atoms with van der Waals surface area (Å²) in [6.45, 7) is 2.90. The van der Waals surface area contributed by atoms with E-state index in [2.05, 4.69) is 11.3 Å². The van der Waals surface area contributed by atoms with Crippen molar-refractivity contribution in [1.29, 1.82) is 0 Å². The molecule has 0 saturated heterocycles. The highest BCUT2D eigenvalue weighted by atomic mass is 19.4. The van der Waals surface area contributed by atoms with Gasteiger partial charge in [-0.05, 0) is 75.2 Å². The van der Waals surface area contributed by atoms with E-state index in [9.17, 15) is 30.7 Å². The predicted octanol–water partition coefficient (Wildman–Crippen LogP) is 9.25. The van der Waals surface area contributed by atoms with Crippen molar-refractivity contribution in [3.8, 4) is 5.75 Å². The van der Waals surface area contributed by atoms with E-state index < -0.39 is 71.2 Å². The predicted molar refractivity (Wildman–Crippen MR) is 136 cm³/mol. The molecule has 0 aliphatic heterocycles. The first-order valence-corrected chi connectivity index (χ1v) is 13.9. The monoisotopic (exact) mass is 594 g/mol. The molecule has 0 amide bonds. The summed E-state index contributed by atoms with van der Waals surface area (Å²) in [5.41, 5.74) is -0.662. The fraction of sp³-hybridized carbons (Fsp3) is 0.600. The molecular weight excluding hydrogens is 560 g/mol. The molecule has 2 atom stereocenters. The van der Waals surface area contributed by atoms with Crippen LogP contribution in [0.15, 0.2) is 47.8 Å². The van der Waals surface area contributed by atoms with Crippen molar-refractivity contribution < 1.29 is 49.3 Å². The summed E-state index contributed by atoms with van der Waals surface area (Å²) in [5.74, 6) is -4.85. The van der Waals surface area contributed by atoms with Gasteiger partial charge < -0.3 is 14.2 Å². The summed E-state index contributed by atoms with van der Waals surface area (Å²) < 4.78 is 128. The van der Waals surface area contributed by atoms with Crippen molar-refractivity contribution in [3.05, 3.63) is 65.0 Å². The number of allylic oxidation sites excluding steroid dienone is 4. The molecule has 2 unspecified atom stereocenters. The van der Waals surface area contributed by atoms with Crippen molar-refractivity contribution in [2.45, 2.75) is 94.6 Å². The summed E-state index contributed by atoms with van der Waals surface area (Å²) >= 11 is 0. The minimum Gasteiger partial charge on any atom is -0.431 e. The Hall–Kier alpha value is -2.40. The fourth-order valence-electron chi connectivity index (χ4n) is 5.99. The molecule has 0 heterocycles. The molecule has 0 bridgehead atoms. The van der Waals surface area contributed by atoms with E-state index >= 15 is 4.39 Å². The molecule has 3 nitrogen and oxygen atoms in total. The van der Waals surface area contributed by atoms with Gasteiger partial charge in [-0.1, -0.05) is 12.2 Å². The van der Waals surface area contributed by atoms with Gasteiger partial charge in [0.25, 0.3) is 0 Å². The molecule has 0 spiro atoms. The van der Waals surface area contributed by atoms with Gasteiger partial charge in [0.2, 0.25) is 0 Å². The molecule has 0 N–H and O–H groups in total. The maximum atomic E-state index is 15.0. The number of hydrogen-bond donors (Lipinski definition) is 0. The number of rotatable bonds is 10. The van der Waals surface area contributed by atoms with Gasteiger partial charge in [-0.25, -0.2) is 13.2 Å². The first-order chi connectivity index (χ1) is 19.4. The summed E-state index contributed by atoms with van der Waals surface area (Å²) in [6, 6.07) is 1.30. The first kappa shape index (κ1) is 31.5. The van der Waals surface area contributed by atoms with Crippen LogP contribution in [-0.4, -0.2) is 37.7 Å². The summed E-state index contributed by atoms with van der Waals surface area (Å²) in [4.78, 5) is 0. The van der Waals surface area contributed by atoms with Crippen LogP contribution in [0.25, 0.3) is 0 Å². The van der Waals surface area contributed by atoms with E-state index in [0.717, 1.165) is 6.08 Å². The zero-order valence-corrected chi connectivity index (χ0v) is 22.6. The molecule has 1 aromatic rings. The van der Waals surface area contributed by atoms with E-state index in [0.29, 0.717) is 50.0 Å². The van der Waals surface area contributed by atoms with Crippen LogP contribution in [0.3, 0.4) is 0 Å². The molecule has 0 radical (unpaired) electrons. The van der Waals surface area contributed by atoms with Gasteiger partial charge in [-0.3, -0.25) is 0 Å². The van der Waals surface area contributed by atoms with Gasteiger partial charge in [-0.15, -0.1) is 6.58 Å². The average molecular weight is 595 g/mol. The highest BCUT2D eigenvalue weighted by molar-refractivity contribution is 5.35. The Balaban J connectivity index is 1.33. The van der Waals surface area contributed by atoms with Crippen LogP contribution in [0, 0.1) is 17.6 Å². The molecule has 4 rings (SSSR count). The average Bonchev–Trinajstić information content (AvgIpc) is 2.90. The molecule has 0 aromatic heterocycles. The summed E-state index contributed by atoms with van der Waals surface area (Å²) in [7, 11) is 0. The van der Waals surface area contributed by atoms with Crippen molar-refractivity contribution >= 4 is 0 Å². The Morgan fingerprint density at radius 2 is 1.44 bits per heavy atom. The Morgan fingerprint density at radius 3 is 1.98 bits per heavy atom. The zero-order chi connectivity index (χ0) is 29.8. The van der Waals surface area contributed by atoms with Crippen molar-refractivity contribution in [3.63, 3.8) is 0 Å². The molecule has 41 heavy (non-hydrogen) atoms. The number of benzene rings is 1. The van der Waals surface area contributed by atoms with Gasteiger partial charge in [0, 0.05) is 29.7 Å². The van der Waals surface area contributed by atoms with Crippen LogP contribution in [-0.2, 0) is 9.47 Å². The van der Waals surface area contributed by atoms with E-state index in [4.69, 9.17) is 9.47 Å². The van der Waals surface area contributed by atoms with E-state index in [-0.39, 0.29) is 44.6 Å². The maximum Gasteiger partial charge on any atom is 0.421 e. The standard InChI is InChI=1S/C30H34F8O3/c1-2-13-39-21-8-10-22(11-9-21)40-17-29(34,35)41-23-15-26(32)28(27(33)16-23)19-5-12-24(25(31)14-19)18-3-6-20(7-4-18)30(36,37)38/h2,6,15-16,18-19,21-22H,1,3-5,7-14,17H2. The summed E-state index contributed by atoms with van der Waals surface area (Å²) in [6.07, 6.45) is -3.58. The number of ether oxygens (including phenoxy) is 3. The van der Waals surface area contributed by atoms with Gasteiger partial charge >= 0.3 is 12.3 Å². The molecule has 1 fully saturated rings. The lowest BCUT2D eigenvalue weighted by atomic mass is 9.75. The third kappa shape index (κ3) is 8.34. The van der Waals surface area contributed by atoms with Crippen molar-refractivity contribution in [2.75, 3.05) is 13.2 Å². The van der Waals surface area contributed by atoms with E-state index in [1.54, 1.807) is 6.08 Å². The number of halogens is 8. The first-order valence-electron chi connectivity index (χ1n) is 13.9. The van der Waals surface area contributed by atoms with Crippen LogP contribution < -0.4 is 4.74 Å². The molecule has 3 aliphatic rings. The molecule has 1 saturated carbocycles. The minimum atomic E-state index is -4.40. The molecule has 3 aliphatic carbocycles. The van der Waals surface area contributed by atoms with Gasteiger partial charge in [-0.2, -0.15) is 22.0 Å². The lowest BCUT2D eigenvalue weighted by Gasteiger charge is -2.31. The summed E-state index contributed by atoms with van der Waals surface area (Å²) in [5, 5.41) is 0. The molecule has 11 heteroatoms. The second-order valence-corrected chi connectivity index (χ2v) is 10.9. The lowest BCUT2D eigenvalue weighted by molar-refractivity contribution is -0.223. The minimum absolute atomic E-state index is 0.0182. The van der Waals surface area contributed by atoms with Crippen LogP contribution in [0.5, 0.6) is 5.75 Å². The Kier molecular flexibility index (Phi) is 10.2. The van der Waals surface area contributed by atoms with Crippen LogP contribution in [0.1, 0.15) is 75.7 Å². The normalized spacial score (nSPS) is 26.1. The molecule has 1 aromatic carbocycles. The molecular formula is C30H34F8O3. The maximum absolute atomic E-state index is 15.0. The second-order valence-electron chi connectivity index (χ2n) is 10.9. The lowest BCUT2D eigenvalue weighted by Crippen LogP contribution is -2.35. The van der Waals surface area contributed by atoms with Gasteiger partial charge in [0.05, 0.1) is 18.8 Å². The Labute approximate surface area is 234 Å². The second kappa shape index (κ2) is 13.3. The van der Waals surface area contributed by atoms with Gasteiger partial charge in [0.1, 0.15) is 23.2 Å². The van der Waals surface area contributed by atoms with Crippen molar-refractivity contribution in [2.24, 2.45) is 5.92 Å². The SMILES string of the molecule is C=CCOC1CCC(OCC(F)(F)Oc2cc(F)c(C3CCC(C4CC=C(C(F)(F)F)CC4)=C(F)C3)c(F)c2)CC1. The van der Waals surface area contributed by atoms with Crippen LogP contribution >= 0.6 is 0 Å². The molecule has 228 valence electrons. The third-order valence-electron chi connectivity index (χ3n) is 8.09. The van der Waals surface area contributed by atoms with E-state index in [1.807, 2.05) is 0 Å². The number of alkyl halides is 5. The smallest absolute Gasteiger partial charge is 0.421 e. The highest BCUT2D eigenvalue weighted by Gasteiger charge is 2.38. The van der Waals surface area contributed by atoms with Crippen LogP contribution in [0.2, 0.25) is 0 Å². The Bertz CT molecular complexity index is 1110. The third-order valence-corrected chi connectivity index (χ3v) is 8.09. The topological polar surface area (TPSA) is 27.7 Å². The fourth-order valence-corrected chi connectivity index (χ4v) is 5.99. The highest BCUT2D eigenvalue weighted by Crippen LogP contribution is 2.46. The quantitative estimate of drug-likeness (QED) is 0.200. The Morgan fingerprint density at radius 1 is 0.829 bits per heavy atom. The largest absolute Gasteiger partial charge is 0.431 e.